The topological polar surface area (TPSA) is 40.5 Å². The average molecular weight is 348 g/mol. The van der Waals surface area contributed by atoms with Gasteiger partial charge in [0.25, 0.3) is 0 Å². The van der Waals surface area contributed by atoms with Gasteiger partial charge in [-0.2, -0.15) is 11.8 Å². The van der Waals surface area contributed by atoms with E-state index < -0.39 is 5.97 Å². The summed E-state index contributed by atoms with van der Waals surface area (Å²) in [7, 11) is 0. The number of carboxylic acid groups (broad SMARTS) is 1. The lowest BCUT2D eigenvalue weighted by Crippen LogP contribution is -2.43. The fourth-order valence-corrected chi connectivity index (χ4v) is 3.70. The summed E-state index contributed by atoms with van der Waals surface area (Å²) in [6.07, 6.45) is 0.139. The van der Waals surface area contributed by atoms with Crippen LogP contribution in [0.15, 0.2) is 22.7 Å². The Morgan fingerprint density at radius 3 is 3.11 bits per heavy atom. The summed E-state index contributed by atoms with van der Waals surface area (Å²) in [6.45, 7) is 1.42. The van der Waals surface area contributed by atoms with Crippen molar-refractivity contribution < 1.29 is 14.3 Å². The first-order chi connectivity index (χ1) is 9.08. The molecule has 19 heavy (non-hydrogen) atoms. The fourth-order valence-electron chi connectivity index (χ4n) is 2.18. The predicted molar refractivity (Wildman–Crippen MR) is 77.9 cm³/mol. The Labute approximate surface area is 124 Å². The van der Waals surface area contributed by atoms with Gasteiger partial charge in [0.05, 0.1) is 10.9 Å². The van der Waals surface area contributed by atoms with Crippen molar-refractivity contribution in [3.63, 3.8) is 0 Å². The molecule has 1 aromatic carbocycles. The highest BCUT2D eigenvalue weighted by Gasteiger charge is 2.25. The first-order valence-corrected chi connectivity index (χ1v) is 7.99. The van der Waals surface area contributed by atoms with Crippen molar-refractivity contribution in [2.45, 2.75) is 19.0 Å². The summed E-state index contributed by atoms with van der Waals surface area (Å²) >= 11 is 5.03. The largest absolute Gasteiger partial charge is 0.481 e. The predicted octanol–water partition coefficient (Wildman–Crippen LogP) is 2.98. The zero-order valence-corrected chi connectivity index (χ0v) is 12.7. The molecular weight excluding hydrogens is 333 g/mol. The molecule has 2 rings (SSSR count). The number of aliphatic carboxylic acids is 1. The summed E-state index contributed by atoms with van der Waals surface area (Å²) in [6, 6.07) is 4.98. The third-order valence-electron chi connectivity index (χ3n) is 3.16. The minimum atomic E-state index is -0.782. The summed E-state index contributed by atoms with van der Waals surface area (Å²) < 4.78 is 14.0. The third-order valence-corrected chi connectivity index (χ3v) is 5.14. The van der Waals surface area contributed by atoms with Crippen molar-refractivity contribution in [1.82, 2.24) is 4.90 Å². The Kier molecular flexibility index (Phi) is 5.24. The lowest BCUT2D eigenvalue weighted by Gasteiger charge is -2.34. The van der Waals surface area contributed by atoms with Gasteiger partial charge in [-0.3, -0.25) is 9.69 Å². The van der Waals surface area contributed by atoms with Crippen LogP contribution < -0.4 is 0 Å². The van der Waals surface area contributed by atoms with E-state index >= 15 is 0 Å². The molecule has 1 aliphatic rings. The van der Waals surface area contributed by atoms with Crippen LogP contribution in [0.3, 0.4) is 0 Å². The zero-order valence-electron chi connectivity index (χ0n) is 10.3. The van der Waals surface area contributed by atoms with Crippen LogP contribution in [-0.4, -0.2) is 40.1 Å². The van der Waals surface area contributed by atoms with E-state index in [0.29, 0.717) is 11.0 Å². The first kappa shape index (κ1) is 14.8. The number of rotatable bonds is 4. The Morgan fingerprint density at radius 2 is 2.37 bits per heavy atom. The normalized spacial score (nSPS) is 20.4. The van der Waals surface area contributed by atoms with Gasteiger partial charge in [0.1, 0.15) is 5.82 Å². The van der Waals surface area contributed by atoms with Crippen LogP contribution in [-0.2, 0) is 11.3 Å². The van der Waals surface area contributed by atoms with Crippen molar-refractivity contribution in [3.8, 4) is 0 Å². The molecule has 1 heterocycles. The second kappa shape index (κ2) is 6.72. The lowest BCUT2D eigenvalue weighted by molar-refractivity contribution is -0.138. The standard InChI is InChI=1S/C13H15BrFNO2S/c14-13-9(2-1-3-11(13)15)7-16-4-5-19-8-10(16)6-12(17)18/h1-3,10H,4-8H2,(H,17,18). The molecule has 1 atom stereocenters. The van der Waals surface area contributed by atoms with Crippen molar-refractivity contribution in [3.05, 3.63) is 34.1 Å². The molecule has 1 saturated heterocycles. The number of benzene rings is 1. The van der Waals surface area contributed by atoms with E-state index in [1.54, 1.807) is 17.8 Å². The number of hydrogen-bond donors (Lipinski definition) is 1. The highest BCUT2D eigenvalue weighted by molar-refractivity contribution is 9.10. The summed E-state index contributed by atoms with van der Waals surface area (Å²) in [5.41, 5.74) is 0.863. The quantitative estimate of drug-likeness (QED) is 0.908. The third kappa shape index (κ3) is 3.94. The van der Waals surface area contributed by atoms with Gasteiger partial charge in [-0.15, -0.1) is 0 Å². The molecule has 0 saturated carbocycles. The number of thioether (sulfide) groups is 1. The molecule has 0 aromatic heterocycles. The van der Waals surface area contributed by atoms with Crippen LogP contribution in [0.1, 0.15) is 12.0 Å². The monoisotopic (exact) mass is 347 g/mol. The van der Waals surface area contributed by atoms with Crippen LogP contribution in [0.5, 0.6) is 0 Å². The molecule has 0 spiro atoms. The van der Waals surface area contributed by atoms with Crippen molar-refractivity contribution in [1.29, 1.82) is 0 Å². The number of nitrogens with zero attached hydrogens (tertiary/aromatic N) is 1. The smallest absolute Gasteiger partial charge is 0.304 e. The second-order valence-electron chi connectivity index (χ2n) is 4.51. The number of carbonyl (C=O) groups is 1. The Balaban J connectivity index is 2.10. The van der Waals surface area contributed by atoms with Crippen LogP contribution in [0, 0.1) is 5.82 Å². The first-order valence-electron chi connectivity index (χ1n) is 6.04. The van der Waals surface area contributed by atoms with Crippen molar-refractivity contribution >= 4 is 33.7 Å². The molecule has 0 bridgehead atoms. The van der Waals surface area contributed by atoms with Gasteiger partial charge in [-0.05, 0) is 27.6 Å². The average Bonchev–Trinajstić information content (AvgIpc) is 2.36. The Bertz CT molecular complexity index is 472. The van der Waals surface area contributed by atoms with Gasteiger partial charge in [0, 0.05) is 30.6 Å². The van der Waals surface area contributed by atoms with Crippen molar-refractivity contribution in [2.75, 3.05) is 18.1 Å². The van der Waals surface area contributed by atoms with Gasteiger partial charge in [-0.1, -0.05) is 12.1 Å². The minimum absolute atomic E-state index is 0.0198. The Hall–Kier alpha value is -0.590. The minimum Gasteiger partial charge on any atom is -0.481 e. The van der Waals surface area contributed by atoms with E-state index in [1.807, 2.05) is 6.07 Å². The molecule has 1 fully saturated rings. The molecule has 104 valence electrons. The summed E-state index contributed by atoms with van der Waals surface area (Å²) in [5.74, 6) is 0.747. The molecule has 3 nitrogen and oxygen atoms in total. The maximum absolute atomic E-state index is 13.5. The molecule has 1 N–H and O–H groups in total. The molecule has 1 aliphatic heterocycles. The highest BCUT2D eigenvalue weighted by Crippen LogP contribution is 2.26. The fraction of sp³-hybridized carbons (Fsp3) is 0.462. The molecule has 0 amide bonds. The summed E-state index contributed by atoms with van der Waals surface area (Å²) in [4.78, 5) is 13.0. The van der Waals surface area contributed by atoms with E-state index in [-0.39, 0.29) is 18.3 Å². The van der Waals surface area contributed by atoms with Crippen LogP contribution in [0.25, 0.3) is 0 Å². The highest BCUT2D eigenvalue weighted by atomic mass is 79.9. The molecule has 1 aromatic rings. The SMILES string of the molecule is O=C(O)CC1CSCCN1Cc1cccc(F)c1Br. The van der Waals surface area contributed by atoms with E-state index in [1.165, 1.54) is 6.07 Å². The number of carboxylic acids is 1. The molecular formula is C13H15BrFNO2S. The second-order valence-corrected chi connectivity index (χ2v) is 6.45. The molecule has 6 heteroatoms. The van der Waals surface area contributed by atoms with Crippen LogP contribution in [0.4, 0.5) is 4.39 Å². The maximum Gasteiger partial charge on any atom is 0.304 e. The van der Waals surface area contributed by atoms with Gasteiger partial charge >= 0.3 is 5.97 Å². The summed E-state index contributed by atoms with van der Waals surface area (Å²) in [5, 5.41) is 8.94. The van der Waals surface area contributed by atoms with Crippen LogP contribution >= 0.6 is 27.7 Å². The van der Waals surface area contributed by atoms with Gasteiger partial charge in [0.15, 0.2) is 0 Å². The molecule has 0 radical (unpaired) electrons. The number of hydrogen-bond acceptors (Lipinski definition) is 3. The van der Waals surface area contributed by atoms with Gasteiger partial charge in [-0.25, -0.2) is 4.39 Å². The molecule has 1 unspecified atom stereocenters. The number of halogens is 2. The zero-order chi connectivity index (χ0) is 13.8. The Morgan fingerprint density at radius 1 is 1.58 bits per heavy atom. The molecule has 0 aliphatic carbocycles. The van der Waals surface area contributed by atoms with Crippen LogP contribution in [0.2, 0.25) is 0 Å². The van der Waals surface area contributed by atoms with Crippen molar-refractivity contribution in [2.24, 2.45) is 0 Å². The van der Waals surface area contributed by atoms with E-state index in [4.69, 9.17) is 5.11 Å². The van der Waals surface area contributed by atoms with E-state index in [9.17, 15) is 9.18 Å². The van der Waals surface area contributed by atoms with Gasteiger partial charge < -0.3 is 5.11 Å². The van der Waals surface area contributed by atoms with E-state index in [0.717, 1.165) is 23.6 Å². The van der Waals surface area contributed by atoms with Gasteiger partial charge in [0.2, 0.25) is 0 Å². The van der Waals surface area contributed by atoms with E-state index in [2.05, 4.69) is 20.8 Å². The maximum atomic E-state index is 13.5. The lowest BCUT2D eigenvalue weighted by atomic mass is 10.1.